The molecule has 1 rings (SSSR count). The van der Waals surface area contributed by atoms with Gasteiger partial charge in [0.2, 0.25) is 0 Å². The van der Waals surface area contributed by atoms with Crippen molar-refractivity contribution in [2.75, 3.05) is 19.0 Å². The Kier molecular flexibility index (Phi) is 4.94. The number of nitrogens with two attached hydrogens (primary N) is 1. The van der Waals surface area contributed by atoms with E-state index in [9.17, 15) is 18.0 Å². The lowest BCUT2D eigenvalue weighted by Gasteiger charge is -2.19. The fourth-order valence-corrected chi connectivity index (χ4v) is 1.55. The maximum atomic E-state index is 12.7. The minimum Gasteiger partial charge on any atom is -0.341 e. The number of anilines is 1. The molecule has 0 aliphatic rings. The zero-order chi connectivity index (χ0) is 15.3. The summed E-state index contributed by atoms with van der Waals surface area (Å²) in [5.41, 5.74) is 1.15. The number of carbonyl (C=O) groups excluding carboxylic acids is 1. The summed E-state index contributed by atoms with van der Waals surface area (Å²) in [5, 5.41) is 8.45. The summed E-state index contributed by atoms with van der Waals surface area (Å²) in [7, 11) is 1.40. The molecule has 5 nitrogen and oxygen atoms in total. The third-order valence-corrected chi connectivity index (χ3v) is 2.64. The molecular weight excluding hydrogens is 273 g/mol. The number of rotatable bonds is 4. The van der Waals surface area contributed by atoms with Crippen molar-refractivity contribution in [2.24, 2.45) is 5.84 Å². The van der Waals surface area contributed by atoms with Crippen molar-refractivity contribution in [3.05, 3.63) is 29.3 Å². The smallest absolute Gasteiger partial charge is 0.341 e. The van der Waals surface area contributed by atoms with Crippen LogP contribution in [0, 0.1) is 11.3 Å². The van der Waals surface area contributed by atoms with Crippen LogP contribution in [0.15, 0.2) is 18.2 Å². The van der Waals surface area contributed by atoms with Gasteiger partial charge in [-0.25, -0.2) is 0 Å². The number of hydrazine groups is 1. The van der Waals surface area contributed by atoms with Crippen LogP contribution < -0.4 is 11.3 Å². The fourth-order valence-electron chi connectivity index (χ4n) is 1.55. The normalized spacial score (nSPS) is 10.8. The summed E-state index contributed by atoms with van der Waals surface area (Å²) in [6.45, 7) is 0.121. The van der Waals surface area contributed by atoms with Gasteiger partial charge in [-0.3, -0.25) is 10.6 Å². The molecule has 0 aliphatic heterocycles. The lowest BCUT2D eigenvalue weighted by Crippen LogP contribution is -2.29. The zero-order valence-corrected chi connectivity index (χ0v) is 10.7. The van der Waals surface area contributed by atoms with Crippen LogP contribution in [0.1, 0.15) is 22.3 Å². The van der Waals surface area contributed by atoms with E-state index in [0.29, 0.717) is 0 Å². The predicted octanol–water partition coefficient (Wildman–Crippen LogP) is 1.98. The average Bonchev–Trinajstić information content (AvgIpc) is 2.42. The quantitative estimate of drug-likeness (QED) is 0.655. The molecule has 0 saturated heterocycles. The van der Waals surface area contributed by atoms with Gasteiger partial charge in [-0.1, -0.05) is 0 Å². The van der Waals surface area contributed by atoms with Crippen LogP contribution in [-0.4, -0.2) is 24.4 Å². The summed E-state index contributed by atoms with van der Waals surface area (Å²) in [5.74, 6) is 4.55. The van der Waals surface area contributed by atoms with Gasteiger partial charge in [0.25, 0.3) is 5.91 Å². The Hall–Kier alpha value is -2.27. The number of hydrogen-bond donors (Lipinski definition) is 2. The zero-order valence-electron chi connectivity index (χ0n) is 10.7. The number of nitriles is 1. The highest BCUT2D eigenvalue weighted by Gasteiger charge is 2.32. The lowest BCUT2D eigenvalue weighted by atomic mass is 10.1. The van der Waals surface area contributed by atoms with Crippen molar-refractivity contribution in [3.8, 4) is 6.07 Å². The number of hydrogen-bond acceptors (Lipinski definition) is 4. The first-order valence-electron chi connectivity index (χ1n) is 5.61. The lowest BCUT2D eigenvalue weighted by molar-refractivity contribution is -0.137. The molecule has 0 heterocycles. The Morgan fingerprint density at radius 1 is 1.50 bits per heavy atom. The van der Waals surface area contributed by atoms with Gasteiger partial charge < -0.3 is 10.3 Å². The highest BCUT2D eigenvalue weighted by molar-refractivity contribution is 5.99. The number of benzene rings is 1. The molecule has 3 N–H and O–H groups in total. The number of nitrogens with zero attached hydrogens (tertiary/aromatic N) is 2. The second-order valence-corrected chi connectivity index (χ2v) is 4.04. The minimum absolute atomic E-state index is 0.0896. The van der Waals surface area contributed by atoms with E-state index in [1.54, 1.807) is 0 Å². The minimum atomic E-state index is -4.55. The second-order valence-electron chi connectivity index (χ2n) is 4.04. The third kappa shape index (κ3) is 3.61. The highest BCUT2D eigenvalue weighted by Crippen LogP contribution is 2.32. The van der Waals surface area contributed by atoms with Crippen LogP contribution in [0.4, 0.5) is 18.9 Å². The molecule has 0 unspecified atom stereocenters. The molecule has 0 bridgehead atoms. The molecular formula is C12H13F3N4O. The van der Waals surface area contributed by atoms with Crippen LogP contribution >= 0.6 is 0 Å². The topological polar surface area (TPSA) is 82.2 Å². The van der Waals surface area contributed by atoms with Gasteiger partial charge in [0.05, 0.1) is 29.3 Å². The fraction of sp³-hybridized carbons (Fsp3) is 0.333. The second kappa shape index (κ2) is 6.25. The van der Waals surface area contributed by atoms with Crippen LogP contribution in [-0.2, 0) is 6.18 Å². The average molecular weight is 286 g/mol. The van der Waals surface area contributed by atoms with Gasteiger partial charge in [0, 0.05) is 13.6 Å². The summed E-state index contributed by atoms with van der Waals surface area (Å²) in [4.78, 5) is 13.2. The maximum Gasteiger partial charge on any atom is 0.416 e. The van der Waals surface area contributed by atoms with E-state index in [1.807, 2.05) is 6.07 Å². The maximum absolute atomic E-state index is 12.7. The molecule has 108 valence electrons. The summed E-state index contributed by atoms with van der Waals surface area (Å²) in [6, 6.07) is 4.52. The van der Waals surface area contributed by atoms with E-state index in [4.69, 9.17) is 11.1 Å². The molecule has 0 radical (unpaired) electrons. The number of amides is 1. The Morgan fingerprint density at radius 3 is 2.65 bits per heavy atom. The van der Waals surface area contributed by atoms with E-state index >= 15 is 0 Å². The standard InChI is InChI=1S/C12H13F3N4O/c1-19(6-2-5-16)11(20)9-7-8(12(13,14)15)3-4-10(9)18-17/h3-4,7,18H,2,6,17H2,1H3. The van der Waals surface area contributed by atoms with E-state index in [1.165, 1.54) is 11.9 Å². The highest BCUT2D eigenvalue weighted by atomic mass is 19.4. The van der Waals surface area contributed by atoms with Gasteiger partial charge in [0.1, 0.15) is 0 Å². The van der Waals surface area contributed by atoms with Gasteiger partial charge in [0.15, 0.2) is 0 Å². The number of halogens is 3. The van der Waals surface area contributed by atoms with Gasteiger partial charge >= 0.3 is 6.18 Å². The van der Waals surface area contributed by atoms with Crippen LogP contribution in [0.2, 0.25) is 0 Å². The molecule has 20 heavy (non-hydrogen) atoms. The first-order chi connectivity index (χ1) is 9.31. The Bertz CT molecular complexity index is 536. The molecule has 1 aromatic carbocycles. The van der Waals surface area contributed by atoms with Crippen molar-refractivity contribution >= 4 is 11.6 Å². The molecule has 0 atom stereocenters. The molecule has 0 fully saturated rings. The number of alkyl halides is 3. The van der Waals surface area contributed by atoms with Gasteiger partial charge in [-0.15, -0.1) is 0 Å². The van der Waals surface area contributed by atoms with Gasteiger partial charge in [-0.2, -0.15) is 18.4 Å². The number of nitrogen functional groups attached to an aromatic ring is 1. The summed E-state index contributed by atoms with van der Waals surface area (Å²) < 4.78 is 38.0. The van der Waals surface area contributed by atoms with Crippen LogP contribution in [0.3, 0.4) is 0 Å². The van der Waals surface area contributed by atoms with Crippen molar-refractivity contribution in [1.82, 2.24) is 4.90 Å². The van der Waals surface area contributed by atoms with Crippen molar-refractivity contribution in [3.63, 3.8) is 0 Å². The van der Waals surface area contributed by atoms with Gasteiger partial charge in [-0.05, 0) is 18.2 Å². The van der Waals surface area contributed by atoms with E-state index in [2.05, 4.69) is 5.43 Å². The molecule has 0 aromatic heterocycles. The number of nitrogens with one attached hydrogen (secondary N) is 1. The molecule has 1 amide bonds. The Morgan fingerprint density at radius 2 is 2.15 bits per heavy atom. The first kappa shape index (κ1) is 15.8. The first-order valence-corrected chi connectivity index (χ1v) is 5.61. The van der Waals surface area contributed by atoms with Crippen molar-refractivity contribution in [1.29, 1.82) is 5.26 Å². The number of carbonyl (C=O) groups is 1. The SMILES string of the molecule is CN(CCC#N)C(=O)c1cc(C(F)(F)F)ccc1NN. The monoisotopic (exact) mass is 286 g/mol. The van der Waals surface area contributed by atoms with Crippen molar-refractivity contribution < 1.29 is 18.0 Å². The van der Waals surface area contributed by atoms with Crippen molar-refractivity contribution in [2.45, 2.75) is 12.6 Å². The molecule has 8 heteroatoms. The third-order valence-electron chi connectivity index (χ3n) is 2.64. The molecule has 0 saturated carbocycles. The summed E-state index contributed by atoms with van der Waals surface area (Å²) >= 11 is 0. The molecule has 0 spiro atoms. The van der Waals surface area contributed by atoms with E-state index in [0.717, 1.165) is 18.2 Å². The van der Waals surface area contributed by atoms with Crippen LogP contribution in [0.25, 0.3) is 0 Å². The molecule has 1 aromatic rings. The summed E-state index contributed by atoms with van der Waals surface area (Å²) in [6.07, 6.45) is -4.46. The van der Waals surface area contributed by atoms with E-state index in [-0.39, 0.29) is 24.2 Å². The Balaban J connectivity index is 3.14. The Labute approximate surface area is 113 Å². The van der Waals surface area contributed by atoms with Crippen LogP contribution in [0.5, 0.6) is 0 Å². The predicted molar refractivity (Wildman–Crippen MR) is 66.4 cm³/mol. The molecule has 0 aliphatic carbocycles. The van der Waals surface area contributed by atoms with E-state index < -0.39 is 17.6 Å². The largest absolute Gasteiger partial charge is 0.416 e.